The van der Waals surface area contributed by atoms with Crippen molar-refractivity contribution in [2.75, 3.05) is 12.4 Å². The number of carbonyl (C=O) groups excluding carboxylic acids is 1. The van der Waals surface area contributed by atoms with Crippen LogP contribution in [0.1, 0.15) is 21.5 Å². The number of amides is 1. The summed E-state index contributed by atoms with van der Waals surface area (Å²) in [5.74, 6) is 1.50. The molecule has 3 nitrogen and oxygen atoms in total. The van der Waals surface area contributed by atoms with Crippen LogP contribution in [0.15, 0.2) is 77.7 Å². The minimum Gasteiger partial charge on any atom is -0.497 e. The van der Waals surface area contributed by atoms with Crippen molar-refractivity contribution in [3.8, 4) is 5.75 Å². The van der Waals surface area contributed by atoms with Gasteiger partial charge in [0.2, 0.25) is 0 Å². The zero-order valence-corrected chi connectivity index (χ0v) is 15.7. The summed E-state index contributed by atoms with van der Waals surface area (Å²) in [4.78, 5) is 13.8. The predicted octanol–water partition coefficient (Wildman–Crippen LogP) is 5.55. The van der Waals surface area contributed by atoms with Gasteiger partial charge in [0.15, 0.2) is 0 Å². The Morgan fingerprint density at radius 2 is 1.73 bits per heavy atom. The molecule has 132 valence electrons. The highest BCUT2D eigenvalue weighted by atomic mass is 32.2. The number of anilines is 1. The van der Waals surface area contributed by atoms with Gasteiger partial charge in [0.05, 0.1) is 12.7 Å². The zero-order chi connectivity index (χ0) is 18.4. The highest BCUT2D eigenvalue weighted by Crippen LogP contribution is 2.28. The van der Waals surface area contributed by atoms with Crippen molar-refractivity contribution < 1.29 is 9.53 Å². The number of nitrogens with one attached hydrogen (secondary N) is 1. The molecule has 0 bridgehead atoms. The van der Waals surface area contributed by atoms with Gasteiger partial charge in [-0.3, -0.25) is 4.79 Å². The first-order valence-electron chi connectivity index (χ1n) is 8.39. The summed E-state index contributed by atoms with van der Waals surface area (Å²) in [6.45, 7) is 1.95. The first-order valence-corrected chi connectivity index (χ1v) is 9.37. The Labute approximate surface area is 158 Å². The molecule has 0 saturated heterocycles. The molecule has 0 atom stereocenters. The number of hydrogen-bond acceptors (Lipinski definition) is 3. The number of ether oxygens (including phenoxy) is 1. The fourth-order valence-electron chi connectivity index (χ4n) is 2.61. The maximum absolute atomic E-state index is 12.8. The molecule has 0 saturated carbocycles. The molecule has 3 aromatic carbocycles. The summed E-state index contributed by atoms with van der Waals surface area (Å²) in [6, 6.07) is 23.6. The van der Waals surface area contributed by atoms with E-state index in [1.807, 2.05) is 67.6 Å². The summed E-state index contributed by atoms with van der Waals surface area (Å²) in [7, 11) is 1.63. The molecular weight excluding hydrogens is 342 g/mol. The van der Waals surface area contributed by atoms with E-state index in [2.05, 4.69) is 17.4 Å². The van der Waals surface area contributed by atoms with Crippen molar-refractivity contribution in [1.82, 2.24) is 0 Å². The maximum atomic E-state index is 12.8. The van der Waals surface area contributed by atoms with Gasteiger partial charge in [-0.2, -0.15) is 0 Å². The second kappa shape index (κ2) is 8.59. The van der Waals surface area contributed by atoms with Crippen LogP contribution < -0.4 is 10.1 Å². The van der Waals surface area contributed by atoms with Crippen molar-refractivity contribution in [2.24, 2.45) is 0 Å². The molecule has 0 aliphatic heterocycles. The Hall–Kier alpha value is -2.72. The third-order valence-corrected chi connectivity index (χ3v) is 5.20. The fourth-order valence-corrected chi connectivity index (χ4v) is 3.61. The number of rotatable bonds is 6. The van der Waals surface area contributed by atoms with Gasteiger partial charge in [-0.1, -0.05) is 42.5 Å². The second-order valence-corrected chi connectivity index (χ2v) is 6.92. The van der Waals surface area contributed by atoms with Crippen LogP contribution in [0.4, 0.5) is 5.69 Å². The topological polar surface area (TPSA) is 38.3 Å². The maximum Gasteiger partial charge on any atom is 0.256 e. The Bertz CT molecular complexity index is 894. The third kappa shape index (κ3) is 4.46. The predicted molar refractivity (Wildman–Crippen MR) is 108 cm³/mol. The molecule has 0 aliphatic rings. The molecule has 1 N–H and O–H groups in total. The summed E-state index contributed by atoms with van der Waals surface area (Å²) in [5.41, 5.74) is 3.67. The van der Waals surface area contributed by atoms with Crippen molar-refractivity contribution >= 4 is 23.4 Å². The lowest BCUT2D eigenvalue weighted by Gasteiger charge is -2.12. The van der Waals surface area contributed by atoms with E-state index in [0.717, 1.165) is 27.6 Å². The SMILES string of the molecule is COc1ccc(NC(=O)c2ccccc2SCc2ccccc2)c(C)c1. The largest absolute Gasteiger partial charge is 0.497 e. The molecular formula is C22H21NO2S. The molecule has 26 heavy (non-hydrogen) atoms. The molecule has 0 fully saturated rings. The molecule has 0 heterocycles. The van der Waals surface area contributed by atoms with E-state index in [1.54, 1.807) is 18.9 Å². The van der Waals surface area contributed by atoms with E-state index in [0.29, 0.717) is 5.56 Å². The van der Waals surface area contributed by atoms with Crippen molar-refractivity contribution in [2.45, 2.75) is 17.6 Å². The Balaban J connectivity index is 1.75. The number of methoxy groups -OCH3 is 1. The monoisotopic (exact) mass is 363 g/mol. The molecule has 4 heteroatoms. The van der Waals surface area contributed by atoms with E-state index >= 15 is 0 Å². The number of thioether (sulfide) groups is 1. The van der Waals surface area contributed by atoms with Crippen molar-refractivity contribution in [3.63, 3.8) is 0 Å². The van der Waals surface area contributed by atoms with Gasteiger partial charge in [-0.05, 0) is 48.4 Å². The van der Waals surface area contributed by atoms with Gasteiger partial charge >= 0.3 is 0 Å². The summed E-state index contributed by atoms with van der Waals surface area (Å²) >= 11 is 1.67. The fraction of sp³-hybridized carbons (Fsp3) is 0.136. The van der Waals surface area contributed by atoms with Gasteiger partial charge in [-0.15, -0.1) is 11.8 Å². The minimum absolute atomic E-state index is 0.102. The Morgan fingerprint density at radius 3 is 2.46 bits per heavy atom. The molecule has 0 spiro atoms. The first-order chi connectivity index (χ1) is 12.7. The van der Waals surface area contributed by atoms with E-state index < -0.39 is 0 Å². The second-order valence-electron chi connectivity index (χ2n) is 5.91. The van der Waals surface area contributed by atoms with Crippen LogP contribution in [-0.2, 0) is 5.75 Å². The van der Waals surface area contributed by atoms with Crippen LogP contribution in [0.5, 0.6) is 5.75 Å². The Kier molecular flexibility index (Phi) is 5.97. The van der Waals surface area contributed by atoms with Crippen molar-refractivity contribution in [3.05, 3.63) is 89.5 Å². The van der Waals surface area contributed by atoms with Crippen molar-refractivity contribution in [1.29, 1.82) is 0 Å². The number of benzene rings is 3. The Morgan fingerprint density at radius 1 is 1.00 bits per heavy atom. The molecule has 3 rings (SSSR count). The quantitative estimate of drug-likeness (QED) is 0.584. The van der Waals surface area contributed by atoms with Crippen LogP contribution in [-0.4, -0.2) is 13.0 Å². The molecule has 3 aromatic rings. The van der Waals surface area contributed by atoms with E-state index in [9.17, 15) is 4.79 Å². The number of aryl methyl sites for hydroxylation is 1. The normalized spacial score (nSPS) is 10.4. The van der Waals surface area contributed by atoms with E-state index in [1.165, 1.54) is 5.56 Å². The van der Waals surface area contributed by atoms with Gasteiger partial charge in [0.25, 0.3) is 5.91 Å². The van der Waals surface area contributed by atoms with Gasteiger partial charge in [-0.25, -0.2) is 0 Å². The van der Waals surface area contributed by atoms with Gasteiger partial charge < -0.3 is 10.1 Å². The van der Waals surface area contributed by atoms with Crippen LogP contribution in [0.2, 0.25) is 0 Å². The van der Waals surface area contributed by atoms with E-state index in [-0.39, 0.29) is 5.91 Å². The van der Waals surface area contributed by atoms with Crippen LogP contribution >= 0.6 is 11.8 Å². The lowest BCUT2D eigenvalue weighted by molar-refractivity contribution is 0.102. The third-order valence-electron chi connectivity index (χ3n) is 4.05. The van der Waals surface area contributed by atoms with Crippen LogP contribution in [0.3, 0.4) is 0 Å². The van der Waals surface area contributed by atoms with E-state index in [4.69, 9.17) is 4.74 Å². The molecule has 1 amide bonds. The van der Waals surface area contributed by atoms with Crippen LogP contribution in [0.25, 0.3) is 0 Å². The first kappa shape index (κ1) is 18.1. The standard InChI is InChI=1S/C22H21NO2S/c1-16-14-18(25-2)12-13-20(16)23-22(24)19-10-6-7-11-21(19)26-15-17-8-4-3-5-9-17/h3-14H,15H2,1-2H3,(H,23,24). The number of carbonyl (C=O) groups is 1. The van der Waals surface area contributed by atoms with Gasteiger partial charge in [0, 0.05) is 16.3 Å². The highest BCUT2D eigenvalue weighted by molar-refractivity contribution is 7.98. The average Bonchev–Trinajstić information content (AvgIpc) is 2.69. The highest BCUT2D eigenvalue weighted by Gasteiger charge is 2.13. The summed E-state index contributed by atoms with van der Waals surface area (Å²) in [5, 5.41) is 3.01. The smallest absolute Gasteiger partial charge is 0.256 e. The lowest BCUT2D eigenvalue weighted by Crippen LogP contribution is -2.13. The zero-order valence-electron chi connectivity index (χ0n) is 14.9. The molecule has 0 aromatic heterocycles. The summed E-state index contributed by atoms with van der Waals surface area (Å²) < 4.78 is 5.22. The van der Waals surface area contributed by atoms with Gasteiger partial charge in [0.1, 0.15) is 5.75 Å². The molecule has 0 unspecified atom stereocenters. The minimum atomic E-state index is -0.102. The number of hydrogen-bond donors (Lipinski definition) is 1. The molecule has 0 radical (unpaired) electrons. The lowest BCUT2D eigenvalue weighted by atomic mass is 10.1. The van der Waals surface area contributed by atoms with Crippen LogP contribution in [0, 0.1) is 6.92 Å². The molecule has 0 aliphatic carbocycles. The average molecular weight is 363 g/mol. The summed E-state index contributed by atoms with van der Waals surface area (Å²) in [6.07, 6.45) is 0.